The molecule has 12 heteroatoms. The number of benzene rings is 2. The number of primary sulfonamides is 1. The predicted molar refractivity (Wildman–Crippen MR) is 121 cm³/mol. The molecule has 0 atom stereocenters. The van der Waals surface area contributed by atoms with Crippen LogP contribution < -0.4 is 25.2 Å². The molecule has 0 radical (unpaired) electrons. The fourth-order valence-corrected chi connectivity index (χ4v) is 4.09. The number of carbonyl (C=O) groups is 2. The number of thioether (sulfide) groups is 1. The number of methoxy groups -OCH3 is 1. The van der Waals surface area contributed by atoms with Crippen LogP contribution in [0.25, 0.3) is 6.08 Å². The van der Waals surface area contributed by atoms with Gasteiger partial charge in [-0.2, -0.15) is 0 Å². The average Bonchev–Trinajstić information content (AvgIpc) is 3.03. The van der Waals surface area contributed by atoms with E-state index in [0.717, 1.165) is 0 Å². The van der Waals surface area contributed by atoms with E-state index in [1.54, 1.807) is 24.3 Å². The van der Waals surface area contributed by atoms with E-state index >= 15 is 0 Å². The molecule has 2 aromatic carbocycles. The van der Waals surface area contributed by atoms with Crippen LogP contribution in [0.2, 0.25) is 0 Å². The lowest BCUT2D eigenvalue weighted by Crippen LogP contribution is -2.20. The second-order valence-electron chi connectivity index (χ2n) is 6.17. The molecule has 1 aliphatic heterocycles. The topological polar surface area (TPSA) is 137 Å². The van der Waals surface area contributed by atoms with Crippen molar-refractivity contribution in [2.75, 3.05) is 19.0 Å². The molecule has 1 heterocycles. The average molecular weight is 480 g/mol. The molecular weight excluding hydrogens is 462 g/mol. The summed E-state index contributed by atoms with van der Waals surface area (Å²) in [6.45, 7) is -0.305. The van der Waals surface area contributed by atoms with Crippen LogP contribution in [0.4, 0.5) is 5.69 Å². The Balaban J connectivity index is 1.63. The van der Waals surface area contributed by atoms with E-state index in [4.69, 9.17) is 26.8 Å². The van der Waals surface area contributed by atoms with E-state index in [0.29, 0.717) is 32.0 Å². The minimum Gasteiger partial charge on any atom is -0.493 e. The lowest BCUT2D eigenvalue weighted by atomic mass is 10.2. The van der Waals surface area contributed by atoms with Gasteiger partial charge in [-0.05, 0) is 48.0 Å². The van der Waals surface area contributed by atoms with E-state index in [2.05, 4.69) is 10.6 Å². The highest BCUT2D eigenvalue weighted by Crippen LogP contribution is 2.31. The maximum Gasteiger partial charge on any atom is 0.263 e. The first-order valence-electron chi connectivity index (χ1n) is 8.64. The molecule has 4 N–H and O–H groups in total. The maximum atomic E-state index is 12.1. The number of ether oxygens (including phenoxy) is 2. The van der Waals surface area contributed by atoms with E-state index < -0.39 is 15.9 Å². The summed E-state index contributed by atoms with van der Waals surface area (Å²) >= 11 is 6.13. The van der Waals surface area contributed by atoms with Gasteiger partial charge in [-0.3, -0.25) is 9.59 Å². The van der Waals surface area contributed by atoms with Crippen molar-refractivity contribution in [1.82, 2.24) is 5.32 Å². The highest BCUT2D eigenvalue weighted by Gasteiger charge is 2.22. The number of hydrogen-bond acceptors (Lipinski definition) is 8. The van der Waals surface area contributed by atoms with Crippen molar-refractivity contribution in [2.24, 2.45) is 5.14 Å². The zero-order valence-electron chi connectivity index (χ0n) is 16.1. The number of amides is 2. The van der Waals surface area contributed by atoms with Crippen molar-refractivity contribution in [1.29, 1.82) is 0 Å². The second-order valence-corrected chi connectivity index (χ2v) is 9.45. The molecule has 1 saturated heterocycles. The summed E-state index contributed by atoms with van der Waals surface area (Å²) in [7, 11) is -2.35. The van der Waals surface area contributed by atoms with Crippen molar-refractivity contribution in [3.8, 4) is 11.5 Å². The molecule has 0 unspecified atom stereocenters. The van der Waals surface area contributed by atoms with Crippen LogP contribution in [0.15, 0.2) is 52.3 Å². The van der Waals surface area contributed by atoms with Crippen LogP contribution >= 0.6 is 24.0 Å². The minimum absolute atomic E-state index is 0.0585. The molecule has 1 aliphatic rings. The Labute approximate surface area is 188 Å². The maximum absolute atomic E-state index is 12.1. The normalized spacial score (nSPS) is 15.0. The Morgan fingerprint density at radius 1 is 1.23 bits per heavy atom. The van der Waals surface area contributed by atoms with Crippen molar-refractivity contribution in [2.45, 2.75) is 4.90 Å². The van der Waals surface area contributed by atoms with Gasteiger partial charge >= 0.3 is 0 Å². The Hall–Kier alpha value is -2.93. The van der Waals surface area contributed by atoms with E-state index in [-0.39, 0.29) is 17.4 Å². The molecule has 0 bridgehead atoms. The lowest BCUT2D eigenvalue weighted by molar-refractivity contribution is -0.118. The smallest absolute Gasteiger partial charge is 0.263 e. The summed E-state index contributed by atoms with van der Waals surface area (Å²) in [5.74, 6) is 0.00117. The Bertz CT molecular complexity index is 1180. The molecule has 0 spiro atoms. The van der Waals surface area contributed by atoms with Gasteiger partial charge in [-0.1, -0.05) is 30.0 Å². The second kappa shape index (κ2) is 9.47. The molecule has 9 nitrogen and oxygen atoms in total. The first-order chi connectivity index (χ1) is 14.7. The van der Waals surface area contributed by atoms with Crippen LogP contribution in [0, 0.1) is 0 Å². The van der Waals surface area contributed by atoms with Gasteiger partial charge in [0, 0.05) is 5.69 Å². The zero-order chi connectivity index (χ0) is 22.6. The third-order valence-electron chi connectivity index (χ3n) is 3.95. The standard InChI is InChI=1S/C19H17N3O6S3/c1-27-15-8-11(9-16-18(24)22-19(29)30-16)2-7-14(15)28-10-17(23)21-12-3-5-13(6-4-12)31(20,25)26/h2-9H,10H2,1H3,(H,21,23)(H2,20,25,26)(H,22,24,29)/b16-9-. The molecule has 0 aliphatic carbocycles. The largest absolute Gasteiger partial charge is 0.493 e. The predicted octanol–water partition coefficient (Wildman–Crippen LogP) is 1.85. The fourth-order valence-electron chi connectivity index (χ4n) is 2.53. The van der Waals surface area contributed by atoms with Gasteiger partial charge in [0.1, 0.15) is 4.32 Å². The van der Waals surface area contributed by atoms with Crippen molar-refractivity contribution >= 4 is 61.9 Å². The molecule has 0 saturated carbocycles. The summed E-state index contributed by atoms with van der Waals surface area (Å²) < 4.78 is 33.8. The van der Waals surface area contributed by atoms with Crippen LogP contribution in [0.1, 0.15) is 5.56 Å². The van der Waals surface area contributed by atoms with Crippen molar-refractivity contribution in [3.63, 3.8) is 0 Å². The first-order valence-corrected chi connectivity index (χ1v) is 11.4. The highest BCUT2D eigenvalue weighted by atomic mass is 32.2. The number of hydrogen-bond donors (Lipinski definition) is 3. The number of nitrogens with two attached hydrogens (primary N) is 1. The van der Waals surface area contributed by atoms with E-state index in [1.165, 1.54) is 43.1 Å². The molecule has 3 rings (SSSR count). The van der Waals surface area contributed by atoms with Crippen molar-refractivity contribution < 1.29 is 27.5 Å². The van der Waals surface area contributed by atoms with E-state index in [9.17, 15) is 18.0 Å². The van der Waals surface area contributed by atoms with Gasteiger partial charge in [0.05, 0.1) is 16.9 Å². The summed E-state index contributed by atoms with van der Waals surface area (Å²) in [5.41, 5.74) is 1.09. The Kier molecular flexibility index (Phi) is 6.95. The Morgan fingerprint density at radius 2 is 1.94 bits per heavy atom. The van der Waals surface area contributed by atoms with Crippen LogP contribution in [-0.2, 0) is 19.6 Å². The molecule has 0 aromatic heterocycles. The van der Waals surface area contributed by atoms with Gasteiger partial charge < -0.3 is 20.1 Å². The monoisotopic (exact) mass is 479 g/mol. The summed E-state index contributed by atoms with van der Waals surface area (Å²) in [4.78, 5) is 24.3. The number of sulfonamides is 1. The van der Waals surface area contributed by atoms with E-state index in [1.807, 2.05) is 0 Å². The third-order valence-corrected chi connectivity index (χ3v) is 6.04. The molecule has 31 heavy (non-hydrogen) atoms. The van der Waals surface area contributed by atoms with Crippen LogP contribution in [0.3, 0.4) is 0 Å². The molecule has 1 fully saturated rings. The van der Waals surface area contributed by atoms with Gasteiger partial charge in [-0.15, -0.1) is 0 Å². The quantitative estimate of drug-likeness (QED) is 0.404. The Morgan fingerprint density at radius 3 is 2.52 bits per heavy atom. The first kappa shape index (κ1) is 22.7. The van der Waals surface area contributed by atoms with Crippen molar-refractivity contribution in [3.05, 3.63) is 52.9 Å². The molecular formula is C19H17N3O6S3. The molecule has 2 amide bonds. The zero-order valence-corrected chi connectivity index (χ0v) is 18.5. The van der Waals surface area contributed by atoms with Gasteiger partial charge in [0.2, 0.25) is 10.0 Å². The number of thiocarbonyl (C=S) groups is 1. The third kappa shape index (κ3) is 6.04. The minimum atomic E-state index is -3.80. The SMILES string of the molecule is COc1cc(/C=C2\SC(=S)NC2=O)ccc1OCC(=O)Nc1ccc(S(N)(=O)=O)cc1. The number of nitrogens with one attached hydrogen (secondary N) is 2. The number of carbonyl (C=O) groups excluding carboxylic acids is 2. The van der Waals surface area contributed by atoms with Gasteiger partial charge in [0.25, 0.3) is 11.8 Å². The number of rotatable bonds is 7. The molecule has 2 aromatic rings. The van der Waals surface area contributed by atoms with Crippen LogP contribution in [0.5, 0.6) is 11.5 Å². The van der Waals surface area contributed by atoms with Gasteiger partial charge in [0.15, 0.2) is 18.1 Å². The number of anilines is 1. The van der Waals surface area contributed by atoms with Crippen LogP contribution in [-0.4, -0.2) is 38.3 Å². The summed E-state index contributed by atoms with van der Waals surface area (Å²) in [6.07, 6.45) is 1.67. The summed E-state index contributed by atoms with van der Waals surface area (Å²) in [6, 6.07) is 10.4. The summed E-state index contributed by atoms with van der Waals surface area (Å²) in [5, 5.41) is 10.2. The lowest BCUT2D eigenvalue weighted by Gasteiger charge is -2.12. The molecule has 162 valence electrons. The fraction of sp³-hybridized carbons (Fsp3) is 0.105. The highest BCUT2D eigenvalue weighted by molar-refractivity contribution is 8.26. The van der Waals surface area contributed by atoms with Gasteiger partial charge in [-0.25, -0.2) is 13.6 Å².